The first-order valence-electron chi connectivity index (χ1n) is 10.6. The Hall–Kier alpha value is -3.35. The number of hydrogen-bond donors (Lipinski definition) is 1. The predicted molar refractivity (Wildman–Crippen MR) is 140 cm³/mol. The van der Waals surface area contributed by atoms with Crippen molar-refractivity contribution < 1.29 is 27.4 Å². The number of methoxy groups -OCH3 is 1. The van der Waals surface area contributed by atoms with Crippen LogP contribution in [0.5, 0.6) is 17.2 Å². The minimum absolute atomic E-state index is 0.0300. The topological polar surface area (TPSA) is 131 Å². The number of hydrogen-bond acceptors (Lipinski definition) is 9. The molecule has 0 radical (unpaired) electrons. The highest BCUT2D eigenvalue weighted by Crippen LogP contribution is 2.32. The Morgan fingerprint density at radius 3 is 2.53 bits per heavy atom. The maximum atomic E-state index is 12.5. The summed E-state index contributed by atoms with van der Waals surface area (Å²) in [6.45, 7) is 0.788. The largest absolute Gasteiger partial charge is 0.493 e. The molecule has 0 aliphatic carbocycles. The van der Waals surface area contributed by atoms with Gasteiger partial charge in [-0.05, 0) is 47.7 Å². The van der Waals surface area contributed by atoms with Gasteiger partial charge in [-0.25, -0.2) is 8.42 Å². The fourth-order valence-electron chi connectivity index (χ4n) is 3.17. The summed E-state index contributed by atoms with van der Waals surface area (Å²) in [6.07, 6.45) is 3.07. The fraction of sp³-hybridized carbons (Fsp3) is 0.217. The van der Waals surface area contributed by atoms with E-state index in [1.165, 1.54) is 13.2 Å². The number of halogens is 1. The maximum absolute atomic E-state index is 12.5. The van der Waals surface area contributed by atoms with Gasteiger partial charge < -0.3 is 14.2 Å². The normalized spacial score (nSPS) is 16.5. The zero-order valence-corrected chi connectivity index (χ0v) is 21.6. The molecule has 2 aromatic rings. The van der Waals surface area contributed by atoms with Crippen molar-refractivity contribution >= 4 is 60.6 Å². The first-order valence-corrected chi connectivity index (χ1v) is 13.6. The quantitative estimate of drug-likeness (QED) is 0.389. The van der Waals surface area contributed by atoms with Crippen molar-refractivity contribution in [1.82, 2.24) is 5.01 Å². The molecule has 1 N–H and O–H groups in total. The molecule has 0 saturated heterocycles. The molecule has 2 aliphatic rings. The number of amidine groups is 2. The molecule has 36 heavy (non-hydrogen) atoms. The summed E-state index contributed by atoms with van der Waals surface area (Å²) in [7, 11) is -2.11. The molecule has 2 heterocycles. The molecule has 2 aromatic carbocycles. The minimum Gasteiger partial charge on any atom is -0.493 e. The van der Waals surface area contributed by atoms with Gasteiger partial charge in [0.2, 0.25) is 19.4 Å². The molecular formula is C23H21ClN4O6S2. The lowest BCUT2D eigenvalue weighted by atomic mass is 10.1. The Balaban J connectivity index is 1.42. The number of rotatable bonds is 8. The first kappa shape index (κ1) is 25.7. The number of hydrazone groups is 1. The number of aliphatic imine (C=N–C) groups is 1. The highest BCUT2D eigenvalue weighted by atomic mass is 35.5. The average molecular weight is 549 g/mol. The number of nitrogens with zero attached hydrogens (tertiary/aromatic N) is 3. The number of ether oxygens (including phenoxy) is 3. The Bertz CT molecular complexity index is 1420. The summed E-state index contributed by atoms with van der Waals surface area (Å²) in [5.74, 6) is 0.611. The number of carbonyl (C=O) groups is 1. The van der Waals surface area contributed by atoms with Gasteiger partial charge in [0.25, 0.3) is 5.91 Å². The van der Waals surface area contributed by atoms with Crippen LogP contribution < -0.4 is 14.2 Å². The molecule has 0 bridgehead atoms. The highest BCUT2D eigenvalue weighted by Gasteiger charge is 2.38. The van der Waals surface area contributed by atoms with Crippen molar-refractivity contribution in [3.8, 4) is 17.2 Å². The summed E-state index contributed by atoms with van der Waals surface area (Å²) < 4.78 is 40.2. The van der Waals surface area contributed by atoms with E-state index in [1.807, 2.05) is 12.1 Å². The molecule has 4 rings (SSSR count). The number of amides is 1. The van der Waals surface area contributed by atoms with Crippen LogP contribution in [0.4, 0.5) is 0 Å². The summed E-state index contributed by atoms with van der Waals surface area (Å²) in [4.78, 5) is 16.4. The van der Waals surface area contributed by atoms with Crippen molar-refractivity contribution in [2.45, 2.75) is 6.42 Å². The monoisotopic (exact) mass is 548 g/mol. The summed E-state index contributed by atoms with van der Waals surface area (Å²) in [5, 5.41) is 13.9. The Kier molecular flexibility index (Phi) is 7.67. The van der Waals surface area contributed by atoms with Crippen LogP contribution >= 0.6 is 23.4 Å². The number of carbonyl (C=O) groups excluding carboxylic acids is 1. The van der Waals surface area contributed by atoms with Crippen molar-refractivity contribution in [1.29, 1.82) is 5.41 Å². The van der Waals surface area contributed by atoms with E-state index >= 15 is 0 Å². The molecule has 0 fully saturated rings. The van der Waals surface area contributed by atoms with Crippen LogP contribution in [0, 0.1) is 5.41 Å². The van der Waals surface area contributed by atoms with Crippen molar-refractivity contribution in [3.63, 3.8) is 0 Å². The van der Waals surface area contributed by atoms with Crippen molar-refractivity contribution in [2.24, 2.45) is 10.1 Å². The molecule has 0 unspecified atom stereocenters. The molecule has 0 spiro atoms. The molecule has 0 atom stereocenters. The molecule has 1 amide bonds. The van der Waals surface area contributed by atoms with Gasteiger partial charge in [0, 0.05) is 12.7 Å². The molecule has 0 aromatic heterocycles. The lowest BCUT2D eigenvalue weighted by Crippen LogP contribution is -2.35. The van der Waals surface area contributed by atoms with Crippen LogP contribution in [-0.4, -0.2) is 61.3 Å². The van der Waals surface area contributed by atoms with E-state index in [-0.39, 0.29) is 21.0 Å². The van der Waals surface area contributed by atoms with Crippen molar-refractivity contribution in [3.05, 3.63) is 58.6 Å². The van der Waals surface area contributed by atoms with Gasteiger partial charge in [-0.2, -0.15) is 10.0 Å². The molecular weight excluding hydrogens is 528 g/mol. The van der Waals surface area contributed by atoms with E-state index in [0.29, 0.717) is 47.5 Å². The van der Waals surface area contributed by atoms with Gasteiger partial charge in [-0.1, -0.05) is 29.8 Å². The van der Waals surface area contributed by atoms with Gasteiger partial charge in [0.15, 0.2) is 17.3 Å². The molecule has 188 valence electrons. The minimum atomic E-state index is -3.60. The number of sulfone groups is 1. The SMILES string of the molecule is COc1cc(/C=C2\C(=N)N3N=C(S(C)(=O)=O)SC3=NC2=O)ccc1OCCCOc1ccccc1Cl. The summed E-state index contributed by atoms with van der Waals surface area (Å²) >= 11 is 6.81. The maximum Gasteiger partial charge on any atom is 0.283 e. The smallest absolute Gasteiger partial charge is 0.283 e. The van der Waals surface area contributed by atoms with Gasteiger partial charge in [0.05, 0.1) is 30.9 Å². The van der Waals surface area contributed by atoms with Gasteiger partial charge in [0.1, 0.15) is 5.75 Å². The molecule has 0 saturated carbocycles. The lowest BCUT2D eigenvalue weighted by molar-refractivity contribution is -0.114. The third-order valence-electron chi connectivity index (χ3n) is 4.89. The summed E-state index contributed by atoms with van der Waals surface area (Å²) in [5.41, 5.74) is 0.525. The number of para-hydroxylation sites is 1. The van der Waals surface area contributed by atoms with Crippen molar-refractivity contribution in [2.75, 3.05) is 26.6 Å². The van der Waals surface area contributed by atoms with E-state index in [4.69, 9.17) is 31.2 Å². The fourth-order valence-corrected chi connectivity index (χ4v) is 5.04. The number of thioether (sulfide) groups is 1. The van der Waals surface area contributed by atoms with E-state index in [9.17, 15) is 13.2 Å². The zero-order valence-electron chi connectivity index (χ0n) is 19.2. The second-order valence-corrected chi connectivity index (χ2v) is 11.1. The molecule has 13 heteroatoms. The Morgan fingerprint density at radius 2 is 1.83 bits per heavy atom. The third kappa shape index (κ3) is 5.72. The second kappa shape index (κ2) is 10.7. The Morgan fingerprint density at radius 1 is 1.11 bits per heavy atom. The van der Waals surface area contributed by atoms with Crippen LogP contribution in [0.15, 0.2) is 58.1 Å². The Labute approximate surface area is 217 Å². The third-order valence-corrected chi connectivity index (χ3v) is 7.78. The van der Waals surface area contributed by atoms with Crippen LogP contribution in [-0.2, 0) is 14.6 Å². The van der Waals surface area contributed by atoms with Crippen LogP contribution in [0.2, 0.25) is 5.02 Å². The lowest BCUT2D eigenvalue weighted by Gasteiger charge is -2.20. The first-order chi connectivity index (χ1) is 17.2. The van der Waals surface area contributed by atoms with E-state index in [1.54, 1.807) is 30.3 Å². The van der Waals surface area contributed by atoms with Crippen LogP contribution in [0.25, 0.3) is 6.08 Å². The summed E-state index contributed by atoms with van der Waals surface area (Å²) in [6, 6.07) is 12.3. The van der Waals surface area contributed by atoms with Crippen LogP contribution in [0.3, 0.4) is 0 Å². The van der Waals surface area contributed by atoms with E-state index in [0.717, 1.165) is 23.0 Å². The number of benzene rings is 2. The van der Waals surface area contributed by atoms with Gasteiger partial charge >= 0.3 is 0 Å². The average Bonchev–Trinajstić information content (AvgIpc) is 3.28. The van der Waals surface area contributed by atoms with Gasteiger partial charge in [-0.15, -0.1) is 5.10 Å². The predicted octanol–water partition coefficient (Wildman–Crippen LogP) is 3.82. The van der Waals surface area contributed by atoms with Crippen LogP contribution in [0.1, 0.15) is 12.0 Å². The van der Waals surface area contributed by atoms with Gasteiger partial charge in [-0.3, -0.25) is 10.2 Å². The zero-order chi connectivity index (χ0) is 25.9. The number of nitrogens with one attached hydrogen (secondary N) is 1. The van der Waals surface area contributed by atoms with E-state index in [2.05, 4.69) is 10.1 Å². The molecule has 10 nitrogen and oxygen atoms in total. The highest BCUT2D eigenvalue weighted by molar-refractivity contribution is 8.42. The molecule has 2 aliphatic heterocycles. The van der Waals surface area contributed by atoms with E-state index < -0.39 is 15.7 Å². The standard InChI is InChI=1S/C23H21ClN4O6S2/c1-32-19-13-14(8-9-18(19)34-11-5-10-33-17-7-4-3-6-16(17)24)12-15-20(25)28-22(26-21(15)29)35-23(27-28)36(2,30)31/h3-4,6-9,12-13,25H,5,10-11H2,1-2H3/b15-12+,25-20?. The second-order valence-electron chi connectivity index (χ2n) is 7.55. The number of fused-ring (bicyclic) bond motifs is 1.